The number of cyclic esters (lactones) is 1. The van der Waals surface area contributed by atoms with Crippen LogP contribution in [0.3, 0.4) is 0 Å². The Labute approximate surface area is 88.6 Å². The Morgan fingerprint density at radius 3 is 2.87 bits per heavy atom. The molecule has 1 aliphatic heterocycles. The molecule has 1 saturated heterocycles. The number of nitrogens with zero attached hydrogens (tertiary/aromatic N) is 1. The van der Waals surface area contributed by atoms with Crippen LogP contribution in [0.5, 0.6) is 0 Å². The molecule has 1 aromatic rings. The van der Waals surface area contributed by atoms with E-state index in [9.17, 15) is 4.79 Å². The molecule has 1 atom stereocenters. The van der Waals surface area contributed by atoms with E-state index in [0.29, 0.717) is 12.2 Å². The molecule has 1 aliphatic rings. The molecule has 2 rings (SSSR count). The first-order valence-electron chi connectivity index (χ1n) is 4.94. The predicted molar refractivity (Wildman–Crippen MR) is 57.3 cm³/mol. The molecule has 80 valence electrons. The molecule has 0 spiro atoms. The third kappa shape index (κ3) is 1.88. The van der Waals surface area contributed by atoms with Gasteiger partial charge in [0.1, 0.15) is 6.10 Å². The first-order chi connectivity index (χ1) is 7.18. The van der Waals surface area contributed by atoms with Crippen molar-refractivity contribution in [1.82, 2.24) is 4.90 Å². The quantitative estimate of drug-likeness (QED) is 0.712. The summed E-state index contributed by atoms with van der Waals surface area (Å²) in [5.74, 6) is 0. The number of anilines is 1. The summed E-state index contributed by atoms with van der Waals surface area (Å²) >= 11 is 0. The highest BCUT2D eigenvalue weighted by atomic mass is 16.6. The van der Waals surface area contributed by atoms with Crippen molar-refractivity contribution in [1.29, 1.82) is 0 Å². The zero-order valence-corrected chi connectivity index (χ0v) is 8.64. The largest absolute Gasteiger partial charge is 0.441 e. The molecule has 1 unspecified atom stereocenters. The molecule has 4 nitrogen and oxygen atoms in total. The number of benzene rings is 1. The molecule has 0 aromatic heterocycles. The number of carbonyl (C=O) groups excluding carboxylic acids is 1. The fourth-order valence-electron chi connectivity index (χ4n) is 1.70. The number of carbonyl (C=O) groups is 1. The topological polar surface area (TPSA) is 55.6 Å². The van der Waals surface area contributed by atoms with Crippen molar-refractivity contribution in [3.63, 3.8) is 0 Å². The van der Waals surface area contributed by atoms with Gasteiger partial charge in [-0.3, -0.25) is 0 Å². The van der Waals surface area contributed by atoms with Crippen molar-refractivity contribution < 1.29 is 9.53 Å². The number of nitrogens with two attached hydrogens (primary N) is 1. The lowest BCUT2D eigenvalue weighted by atomic mass is 10.0. The number of nitrogen functional groups attached to an aromatic ring is 1. The van der Waals surface area contributed by atoms with E-state index in [1.54, 1.807) is 11.9 Å². The fourth-order valence-corrected chi connectivity index (χ4v) is 1.70. The van der Waals surface area contributed by atoms with Gasteiger partial charge < -0.3 is 15.4 Å². The van der Waals surface area contributed by atoms with Crippen molar-refractivity contribution in [3.8, 4) is 0 Å². The van der Waals surface area contributed by atoms with Crippen LogP contribution in [-0.4, -0.2) is 24.6 Å². The first-order valence-corrected chi connectivity index (χ1v) is 4.94. The van der Waals surface area contributed by atoms with Crippen LogP contribution in [0.2, 0.25) is 0 Å². The van der Waals surface area contributed by atoms with E-state index in [1.807, 2.05) is 24.3 Å². The van der Waals surface area contributed by atoms with Gasteiger partial charge in [0.2, 0.25) is 0 Å². The number of rotatable bonds is 1. The number of ether oxygens (including phenoxy) is 1. The van der Waals surface area contributed by atoms with Crippen LogP contribution in [-0.2, 0) is 4.74 Å². The van der Waals surface area contributed by atoms with E-state index < -0.39 is 0 Å². The summed E-state index contributed by atoms with van der Waals surface area (Å²) in [5, 5.41) is 0. The van der Waals surface area contributed by atoms with Crippen LogP contribution in [0.4, 0.5) is 10.5 Å². The van der Waals surface area contributed by atoms with Gasteiger partial charge in [0.25, 0.3) is 0 Å². The molecular weight excluding hydrogens is 192 g/mol. The van der Waals surface area contributed by atoms with E-state index in [4.69, 9.17) is 10.5 Å². The van der Waals surface area contributed by atoms with Crippen LogP contribution >= 0.6 is 0 Å². The average molecular weight is 206 g/mol. The Hall–Kier alpha value is -1.71. The van der Waals surface area contributed by atoms with E-state index >= 15 is 0 Å². The van der Waals surface area contributed by atoms with Gasteiger partial charge in [-0.25, -0.2) is 4.79 Å². The van der Waals surface area contributed by atoms with Crippen LogP contribution in [0.15, 0.2) is 24.3 Å². The zero-order valence-electron chi connectivity index (χ0n) is 8.64. The summed E-state index contributed by atoms with van der Waals surface area (Å²) in [7, 11) is 1.73. The molecular formula is C11H14N2O2. The first kappa shape index (κ1) is 9.83. The fraction of sp³-hybridized carbons (Fsp3) is 0.364. The number of hydrogen-bond donors (Lipinski definition) is 1. The lowest BCUT2D eigenvalue weighted by Crippen LogP contribution is -2.36. The van der Waals surface area contributed by atoms with Crippen molar-refractivity contribution in [3.05, 3.63) is 29.8 Å². The Kier molecular flexibility index (Phi) is 2.49. The van der Waals surface area contributed by atoms with Gasteiger partial charge in [-0.15, -0.1) is 0 Å². The number of hydrogen-bond acceptors (Lipinski definition) is 3. The van der Waals surface area contributed by atoms with Gasteiger partial charge in [-0.1, -0.05) is 18.2 Å². The molecule has 4 heteroatoms. The summed E-state index contributed by atoms with van der Waals surface area (Å²) in [6, 6.07) is 7.49. The minimum Gasteiger partial charge on any atom is -0.441 e. The molecule has 1 aromatic carbocycles. The zero-order chi connectivity index (χ0) is 10.8. The van der Waals surface area contributed by atoms with Crippen molar-refractivity contribution in [2.45, 2.75) is 12.5 Å². The Bertz CT molecular complexity index is 379. The lowest BCUT2D eigenvalue weighted by Gasteiger charge is -2.29. The van der Waals surface area contributed by atoms with Gasteiger partial charge in [0.05, 0.1) is 0 Å². The van der Waals surface area contributed by atoms with Crippen LogP contribution < -0.4 is 5.73 Å². The highest BCUT2D eigenvalue weighted by Crippen LogP contribution is 2.29. The molecule has 0 saturated carbocycles. The number of para-hydroxylation sites is 1. The van der Waals surface area contributed by atoms with E-state index in [-0.39, 0.29) is 12.2 Å². The summed E-state index contributed by atoms with van der Waals surface area (Å²) in [6.45, 7) is 0.706. The van der Waals surface area contributed by atoms with E-state index in [2.05, 4.69) is 0 Å². The van der Waals surface area contributed by atoms with Gasteiger partial charge in [0.15, 0.2) is 0 Å². The summed E-state index contributed by atoms with van der Waals surface area (Å²) in [6.07, 6.45) is 0.306. The minimum atomic E-state index is -0.283. The normalized spacial score (nSPS) is 21.3. The second kappa shape index (κ2) is 3.81. The van der Waals surface area contributed by atoms with Crippen LogP contribution in [0.1, 0.15) is 18.1 Å². The predicted octanol–water partition coefficient (Wildman–Crippen LogP) is 1.78. The maximum absolute atomic E-state index is 11.4. The molecule has 1 amide bonds. The second-order valence-corrected chi connectivity index (χ2v) is 3.71. The highest BCUT2D eigenvalue weighted by molar-refractivity contribution is 5.68. The third-order valence-corrected chi connectivity index (χ3v) is 2.62. The molecule has 1 fully saturated rings. The SMILES string of the molecule is CN1CCC(c2ccccc2N)OC1=O. The molecule has 15 heavy (non-hydrogen) atoms. The standard InChI is InChI=1S/C11H14N2O2/c1-13-7-6-10(15-11(13)14)8-4-2-3-5-9(8)12/h2-5,10H,6-7,12H2,1H3. The smallest absolute Gasteiger partial charge is 0.410 e. The van der Waals surface area contributed by atoms with E-state index in [0.717, 1.165) is 12.0 Å². The van der Waals surface area contributed by atoms with Gasteiger partial charge in [-0.05, 0) is 6.07 Å². The monoisotopic (exact) mass is 206 g/mol. The van der Waals surface area contributed by atoms with Crippen molar-refractivity contribution >= 4 is 11.8 Å². The third-order valence-electron chi connectivity index (χ3n) is 2.62. The van der Waals surface area contributed by atoms with Gasteiger partial charge in [0, 0.05) is 31.3 Å². The van der Waals surface area contributed by atoms with Crippen molar-refractivity contribution in [2.24, 2.45) is 0 Å². The van der Waals surface area contributed by atoms with Gasteiger partial charge >= 0.3 is 6.09 Å². The maximum atomic E-state index is 11.4. The van der Waals surface area contributed by atoms with E-state index in [1.165, 1.54) is 0 Å². The Morgan fingerprint density at radius 1 is 1.47 bits per heavy atom. The maximum Gasteiger partial charge on any atom is 0.410 e. The summed E-state index contributed by atoms with van der Waals surface area (Å²) in [5.41, 5.74) is 7.41. The Balaban J connectivity index is 2.19. The lowest BCUT2D eigenvalue weighted by molar-refractivity contribution is 0.0328. The van der Waals surface area contributed by atoms with Crippen molar-refractivity contribution in [2.75, 3.05) is 19.3 Å². The summed E-state index contributed by atoms with van der Waals surface area (Å²) in [4.78, 5) is 12.9. The second-order valence-electron chi connectivity index (χ2n) is 3.71. The van der Waals surface area contributed by atoms with Gasteiger partial charge in [-0.2, -0.15) is 0 Å². The molecule has 0 aliphatic carbocycles. The minimum absolute atomic E-state index is 0.199. The molecule has 0 radical (unpaired) electrons. The average Bonchev–Trinajstić information content (AvgIpc) is 2.23. The van der Waals surface area contributed by atoms with Crippen LogP contribution in [0.25, 0.3) is 0 Å². The molecule has 2 N–H and O–H groups in total. The highest BCUT2D eigenvalue weighted by Gasteiger charge is 2.26. The molecule has 1 heterocycles. The summed E-state index contributed by atoms with van der Waals surface area (Å²) < 4.78 is 5.27. The number of amides is 1. The Morgan fingerprint density at radius 2 is 2.20 bits per heavy atom. The molecule has 0 bridgehead atoms. The van der Waals surface area contributed by atoms with Crippen LogP contribution in [0, 0.1) is 0 Å².